The van der Waals surface area contributed by atoms with Crippen LogP contribution in [0.2, 0.25) is 0 Å². The summed E-state index contributed by atoms with van der Waals surface area (Å²) in [4.78, 5) is 31.0. The summed E-state index contributed by atoms with van der Waals surface area (Å²) < 4.78 is 1.44. The summed E-state index contributed by atoms with van der Waals surface area (Å²) in [5, 5.41) is 4.07. The number of amides is 1. The summed E-state index contributed by atoms with van der Waals surface area (Å²) in [6.07, 6.45) is 4.61. The average molecular weight is 275 g/mol. The van der Waals surface area contributed by atoms with Gasteiger partial charge in [-0.3, -0.25) is 9.59 Å². The number of carbonyl (C=O) groups excluding carboxylic acids is 1. The maximum atomic E-state index is 12.5. The molecule has 106 valence electrons. The van der Waals surface area contributed by atoms with E-state index < -0.39 is 0 Å². The van der Waals surface area contributed by atoms with Gasteiger partial charge >= 0.3 is 0 Å². The molecule has 0 aliphatic carbocycles. The maximum Gasteiger partial charge on any atom is 0.274 e. The van der Waals surface area contributed by atoms with Crippen molar-refractivity contribution in [1.82, 2.24) is 24.4 Å². The summed E-state index contributed by atoms with van der Waals surface area (Å²) in [5.74, 6) is -0.118. The van der Waals surface area contributed by atoms with Gasteiger partial charge in [-0.15, -0.1) is 0 Å². The molecule has 0 radical (unpaired) electrons. The van der Waals surface area contributed by atoms with Gasteiger partial charge in [0, 0.05) is 38.6 Å². The summed E-state index contributed by atoms with van der Waals surface area (Å²) in [6.45, 7) is 6.24. The molecule has 1 fully saturated rings. The van der Waals surface area contributed by atoms with E-state index in [1.54, 1.807) is 11.1 Å². The fraction of sp³-hybridized carbons (Fsp3) is 0.462. The Morgan fingerprint density at radius 1 is 1.35 bits per heavy atom. The van der Waals surface area contributed by atoms with Crippen LogP contribution >= 0.6 is 0 Å². The number of rotatable bonds is 2. The van der Waals surface area contributed by atoms with Gasteiger partial charge in [-0.2, -0.15) is 5.10 Å². The quantitative estimate of drug-likeness (QED) is 0.824. The van der Waals surface area contributed by atoms with Crippen LogP contribution in [0.3, 0.4) is 0 Å². The molecule has 7 nitrogen and oxygen atoms in total. The molecule has 2 aromatic heterocycles. The topological polar surface area (TPSA) is 73.7 Å². The van der Waals surface area contributed by atoms with Crippen molar-refractivity contribution in [3.8, 4) is 0 Å². The molecule has 0 bridgehead atoms. The lowest BCUT2D eigenvalue weighted by molar-refractivity contribution is 0.0645. The van der Waals surface area contributed by atoms with Gasteiger partial charge in [-0.25, -0.2) is 4.52 Å². The maximum absolute atomic E-state index is 12.5. The number of aromatic nitrogens is 3. The van der Waals surface area contributed by atoms with Gasteiger partial charge in [0.05, 0.1) is 11.8 Å². The molecule has 2 aromatic rings. The zero-order valence-electron chi connectivity index (χ0n) is 11.4. The number of piperazine rings is 1. The molecule has 1 N–H and O–H groups in total. The molecule has 0 atom stereocenters. The number of likely N-dealkylation sites (N-methyl/N-ethyl adjacent to an activating group) is 1. The minimum absolute atomic E-state index is 0.118. The molecule has 0 spiro atoms. The first kappa shape index (κ1) is 12.9. The predicted molar refractivity (Wildman–Crippen MR) is 73.8 cm³/mol. The van der Waals surface area contributed by atoms with Crippen LogP contribution in [0.4, 0.5) is 0 Å². The molecular formula is C13H17N5O2. The van der Waals surface area contributed by atoms with Crippen LogP contribution in [0.15, 0.2) is 23.4 Å². The van der Waals surface area contributed by atoms with Crippen LogP contribution in [0.25, 0.3) is 5.52 Å². The lowest BCUT2D eigenvalue weighted by Crippen LogP contribution is -2.48. The molecule has 1 amide bonds. The van der Waals surface area contributed by atoms with Gasteiger partial charge in [0.2, 0.25) is 0 Å². The number of carbonyl (C=O) groups is 1. The van der Waals surface area contributed by atoms with Crippen LogP contribution in [0.1, 0.15) is 17.3 Å². The van der Waals surface area contributed by atoms with Crippen LogP contribution < -0.4 is 5.56 Å². The number of fused-ring (bicyclic) bond motifs is 1. The lowest BCUT2D eigenvalue weighted by Gasteiger charge is -2.33. The Hall–Kier alpha value is -2.15. The van der Waals surface area contributed by atoms with Gasteiger partial charge in [-0.1, -0.05) is 6.92 Å². The van der Waals surface area contributed by atoms with Crippen LogP contribution in [0.5, 0.6) is 0 Å². The summed E-state index contributed by atoms with van der Waals surface area (Å²) >= 11 is 0. The average Bonchev–Trinajstić information content (AvgIpc) is 2.92. The van der Waals surface area contributed by atoms with E-state index in [4.69, 9.17) is 0 Å². The molecule has 1 aliphatic rings. The van der Waals surface area contributed by atoms with Crippen LogP contribution in [0, 0.1) is 0 Å². The summed E-state index contributed by atoms with van der Waals surface area (Å²) in [5.41, 5.74) is 0.396. The second-order valence-electron chi connectivity index (χ2n) is 4.87. The highest BCUT2D eigenvalue weighted by molar-refractivity contribution is 6.00. The van der Waals surface area contributed by atoms with E-state index in [1.165, 1.54) is 16.9 Å². The molecular weight excluding hydrogens is 258 g/mol. The smallest absolute Gasteiger partial charge is 0.274 e. The first-order chi connectivity index (χ1) is 9.70. The van der Waals surface area contributed by atoms with Crippen molar-refractivity contribution in [2.24, 2.45) is 0 Å². The highest BCUT2D eigenvalue weighted by Crippen LogP contribution is 2.11. The zero-order chi connectivity index (χ0) is 14.1. The van der Waals surface area contributed by atoms with Crippen molar-refractivity contribution >= 4 is 11.4 Å². The number of H-pyrrole nitrogens is 1. The van der Waals surface area contributed by atoms with E-state index in [0.29, 0.717) is 24.2 Å². The first-order valence-electron chi connectivity index (χ1n) is 6.77. The van der Waals surface area contributed by atoms with Crippen molar-refractivity contribution in [3.63, 3.8) is 0 Å². The van der Waals surface area contributed by atoms with Gasteiger partial charge in [0.25, 0.3) is 11.5 Å². The van der Waals surface area contributed by atoms with Crippen LogP contribution in [-0.4, -0.2) is 63.0 Å². The number of aromatic amines is 1. The Morgan fingerprint density at radius 2 is 2.10 bits per heavy atom. The predicted octanol–water partition coefficient (Wildman–Crippen LogP) is -0.200. The Kier molecular flexibility index (Phi) is 3.27. The zero-order valence-corrected chi connectivity index (χ0v) is 11.4. The lowest BCUT2D eigenvalue weighted by atomic mass is 10.2. The molecule has 1 aliphatic heterocycles. The third kappa shape index (κ3) is 2.09. The number of nitrogens with one attached hydrogen (secondary N) is 1. The van der Waals surface area contributed by atoms with Gasteiger partial charge in [-0.05, 0) is 6.54 Å². The molecule has 1 saturated heterocycles. The van der Waals surface area contributed by atoms with Crippen molar-refractivity contribution in [2.45, 2.75) is 6.92 Å². The monoisotopic (exact) mass is 275 g/mol. The molecule has 0 saturated carbocycles. The largest absolute Gasteiger partial charge is 0.336 e. The molecule has 7 heteroatoms. The Morgan fingerprint density at radius 3 is 2.80 bits per heavy atom. The highest BCUT2D eigenvalue weighted by atomic mass is 16.2. The van der Waals surface area contributed by atoms with Crippen molar-refractivity contribution in [3.05, 3.63) is 34.5 Å². The Balaban J connectivity index is 1.88. The van der Waals surface area contributed by atoms with E-state index in [0.717, 1.165) is 19.6 Å². The third-order valence-electron chi connectivity index (χ3n) is 3.78. The van der Waals surface area contributed by atoms with Gasteiger partial charge in [0.1, 0.15) is 5.52 Å². The van der Waals surface area contributed by atoms with E-state index in [1.807, 2.05) is 0 Å². The Bertz CT molecular complexity index is 681. The van der Waals surface area contributed by atoms with E-state index >= 15 is 0 Å². The second kappa shape index (κ2) is 5.09. The fourth-order valence-electron chi connectivity index (χ4n) is 2.55. The summed E-state index contributed by atoms with van der Waals surface area (Å²) in [7, 11) is 0. The number of hydrogen-bond acceptors (Lipinski definition) is 4. The van der Waals surface area contributed by atoms with E-state index in [9.17, 15) is 9.59 Å². The van der Waals surface area contributed by atoms with Crippen molar-refractivity contribution in [2.75, 3.05) is 32.7 Å². The van der Waals surface area contributed by atoms with Crippen LogP contribution in [-0.2, 0) is 0 Å². The van der Waals surface area contributed by atoms with Gasteiger partial charge in [0.15, 0.2) is 0 Å². The van der Waals surface area contributed by atoms with Crippen molar-refractivity contribution < 1.29 is 4.79 Å². The molecule has 20 heavy (non-hydrogen) atoms. The minimum atomic E-state index is -0.291. The summed E-state index contributed by atoms with van der Waals surface area (Å²) in [6, 6.07) is 0. The standard InChI is InChI=1S/C13H17N5O2/c1-2-16-5-7-17(8-6-16)13(20)10-9-15-18-4-3-14-12(19)11(10)18/h3-4,9H,2,5-8H2,1H3,(H,14,19). The number of hydrogen-bond donors (Lipinski definition) is 1. The van der Waals surface area contributed by atoms with Gasteiger partial charge < -0.3 is 14.8 Å². The van der Waals surface area contributed by atoms with E-state index in [-0.39, 0.29) is 11.5 Å². The normalized spacial score (nSPS) is 16.8. The second-order valence-corrected chi connectivity index (χ2v) is 4.87. The molecule has 3 rings (SSSR count). The molecule has 3 heterocycles. The molecule has 0 aromatic carbocycles. The molecule has 0 unspecified atom stereocenters. The fourth-order valence-corrected chi connectivity index (χ4v) is 2.55. The minimum Gasteiger partial charge on any atom is -0.336 e. The van der Waals surface area contributed by atoms with E-state index in [2.05, 4.69) is 21.9 Å². The Labute approximate surface area is 115 Å². The number of nitrogens with zero attached hydrogens (tertiary/aromatic N) is 4. The first-order valence-corrected chi connectivity index (χ1v) is 6.77. The van der Waals surface area contributed by atoms with Crippen molar-refractivity contribution in [1.29, 1.82) is 0 Å². The SMILES string of the molecule is CCN1CCN(C(=O)c2cnn3cc[nH]c(=O)c23)CC1. The highest BCUT2D eigenvalue weighted by Gasteiger charge is 2.24. The third-order valence-corrected chi connectivity index (χ3v) is 3.78.